The predicted octanol–water partition coefficient (Wildman–Crippen LogP) is 4.13. The third kappa shape index (κ3) is 4.43. The number of benzene rings is 2. The summed E-state index contributed by atoms with van der Waals surface area (Å²) in [4.78, 5) is 53.5. The average molecular weight is 483 g/mol. The van der Waals surface area contributed by atoms with Crippen molar-refractivity contribution in [2.45, 2.75) is 31.6 Å². The van der Waals surface area contributed by atoms with E-state index in [1.54, 1.807) is 48.5 Å². The van der Waals surface area contributed by atoms with Crippen molar-refractivity contribution < 1.29 is 23.9 Å². The molecule has 4 rings (SSSR count). The van der Waals surface area contributed by atoms with Crippen LogP contribution in [0, 0.1) is 0 Å². The lowest BCUT2D eigenvalue weighted by Crippen LogP contribution is -2.39. The lowest BCUT2D eigenvalue weighted by Gasteiger charge is -2.26. The van der Waals surface area contributed by atoms with E-state index in [1.165, 1.54) is 9.80 Å². The molecule has 2 aromatic rings. The maximum Gasteiger partial charge on any atom is 0.262 e. The van der Waals surface area contributed by atoms with Crippen molar-refractivity contribution in [2.75, 3.05) is 13.2 Å². The number of imide groups is 2. The number of hydrogen-bond acceptors (Lipinski definition) is 7. The zero-order valence-electron chi connectivity index (χ0n) is 18.0. The predicted molar refractivity (Wildman–Crippen MR) is 128 cm³/mol. The largest absolute Gasteiger partial charge is 0.479 e. The first kappa shape index (κ1) is 23.1. The Hall–Kier alpha value is -3.04. The summed E-state index contributed by atoms with van der Waals surface area (Å²) in [5.41, 5.74) is 1.59. The Morgan fingerprint density at radius 2 is 1.33 bits per heavy atom. The standard InChI is InChI=1S/C24H22N2O5S2/c1-2-31-24(32)33-19(26-22(29)17-11-5-6-12-18(17)23(26)30)13-7-8-14-25-20(27)15-9-3-4-10-16(15)21(25)28/h3-6,9-12,19H,2,7-8,13-14H2,1H3. The summed E-state index contributed by atoms with van der Waals surface area (Å²) in [7, 11) is 0. The van der Waals surface area contributed by atoms with Gasteiger partial charge in [-0.05, 0) is 62.7 Å². The Kier molecular flexibility index (Phi) is 6.90. The second kappa shape index (κ2) is 9.84. The van der Waals surface area contributed by atoms with Crippen LogP contribution >= 0.6 is 24.0 Å². The van der Waals surface area contributed by atoms with Crippen molar-refractivity contribution in [1.82, 2.24) is 9.80 Å². The van der Waals surface area contributed by atoms with E-state index in [0.717, 1.165) is 11.8 Å². The molecule has 1 unspecified atom stereocenters. The van der Waals surface area contributed by atoms with Gasteiger partial charge >= 0.3 is 0 Å². The summed E-state index contributed by atoms with van der Waals surface area (Å²) in [6.45, 7) is 2.47. The first-order valence-electron chi connectivity index (χ1n) is 10.7. The Morgan fingerprint density at radius 3 is 1.82 bits per heavy atom. The molecule has 7 nitrogen and oxygen atoms in total. The first-order valence-corrected chi connectivity index (χ1v) is 12.0. The van der Waals surface area contributed by atoms with Crippen molar-refractivity contribution in [3.63, 3.8) is 0 Å². The maximum absolute atomic E-state index is 13.0. The van der Waals surface area contributed by atoms with Gasteiger partial charge in [0.15, 0.2) is 0 Å². The highest BCUT2D eigenvalue weighted by molar-refractivity contribution is 8.23. The van der Waals surface area contributed by atoms with Crippen molar-refractivity contribution >= 4 is 52.0 Å². The van der Waals surface area contributed by atoms with Crippen LogP contribution < -0.4 is 0 Å². The molecule has 0 bridgehead atoms. The van der Waals surface area contributed by atoms with Crippen LogP contribution in [0.4, 0.5) is 0 Å². The molecule has 0 radical (unpaired) electrons. The molecule has 0 fully saturated rings. The van der Waals surface area contributed by atoms with Crippen LogP contribution in [0.15, 0.2) is 48.5 Å². The number of unbranched alkanes of at least 4 members (excludes halogenated alkanes) is 1. The molecular weight excluding hydrogens is 460 g/mol. The summed E-state index contributed by atoms with van der Waals surface area (Å²) in [5, 5.41) is -0.543. The molecule has 0 saturated heterocycles. The number of rotatable bonds is 8. The van der Waals surface area contributed by atoms with Gasteiger partial charge in [-0.15, -0.1) is 0 Å². The van der Waals surface area contributed by atoms with Gasteiger partial charge in [-0.25, -0.2) is 0 Å². The van der Waals surface area contributed by atoms with E-state index in [4.69, 9.17) is 17.0 Å². The van der Waals surface area contributed by atoms with E-state index in [9.17, 15) is 19.2 Å². The number of amides is 4. The van der Waals surface area contributed by atoms with Crippen molar-refractivity contribution in [3.05, 3.63) is 70.8 Å². The van der Waals surface area contributed by atoms with Gasteiger partial charge in [-0.2, -0.15) is 0 Å². The number of thiocarbonyl (C=S) groups is 1. The van der Waals surface area contributed by atoms with Gasteiger partial charge in [0.05, 0.1) is 34.2 Å². The molecule has 0 aromatic heterocycles. The van der Waals surface area contributed by atoms with Crippen molar-refractivity contribution in [3.8, 4) is 0 Å². The van der Waals surface area contributed by atoms with Crippen LogP contribution in [0.3, 0.4) is 0 Å². The fourth-order valence-corrected chi connectivity index (χ4v) is 5.44. The van der Waals surface area contributed by atoms with Gasteiger partial charge in [0.2, 0.25) is 4.38 Å². The molecule has 2 aliphatic heterocycles. The monoisotopic (exact) mass is 482 g/mol. The fraction of sp³-hybridized carbons (Fsp3) is 0.292. The number of nitrogens with zero attached hydrogens (tertiary/aromatic N) is 2. The molecule has 2 heterocycles. The molecule has 2 aliphatic rings. The molecule has 170 valence electrons. The third-order valence-electron chi connectivity index (χ3n) is 5.57. The van der Waals surface area contributed by atoms with Crippen LogP contribution in [-0.2, 0) is 4.74 Å². The van der Waals surface area contributed by atoms with E-state index in [-0.39, 0.29) is 34.6 Å². The Bertz CT molecular complexity index is 1080. The topological polar surface area (TPSA) is 84.0 Å². The highest BCUT2D eigenvalue weighted by Crippen LogP contribution is 2.32. The van der Waals surface area contributed by atoms with E-state index in [0.29, 0.717) is 48.1 Å². The number of ether oxygens (including phenoxy) is 1. The quantitative estimate of drug-likeness (QED) is 0.318. The second-order valence-electron chi connectivity index (χ2n) is 7.58. The lowest BCUT2D eigenvalue weighted by molar-refractivity contribution is 0.0632. The summed E-state index contributed by atoms with van der Waals surface area (Å²) >= 11 is 6.42. The van der Waals surface area contributed by atoms with Crippen molar-refractivity contribution in [2.24, 2.45) is 0 Å². The number of carbonyl (C=O) groups is 4. The average Bonchev–Trinajstić information content (AvgIpc) is 3.21. The zero-order chi connectivity index (χ0) is 23.5. The van der Waals surface area contributed by atoms with Crippen LogP contribution in [0.5, 0.6) is 0 Å². The minimum Gasteiger partial charge on any atom is -0.479 e. The molecule has 9 heteroatoms. The van der Waals surface area contributed by atoms with Gasteiger partial charge < -0.3 is 4.74 Å². The third-order valence-corrected chi connectivity index (χ3v) is 7.00. The minimum atomic E-state index is -0.543. The Morgan fingerprint density at radius 1 is 0.848 bits per heavy atom. The lowest BCUT2D eigenvalue weighted by atomic mass is 10.1. The molecule has 0 spiro atoms. The number of fused-ring (bicyclic) bond motifs is 2. The van der Waals surface area contributed by atoms with E-state index >= 15 is 0 Å². The molecule has 33 heavy (non-hydrogen) atoms. The minimum absolute atomic E-state index is 0.263. The number of hydrogen-bond donors (Lipinski definition) is 0. The zero-order valence-corrected chi connectivity index (χ0v) is 19.6. The fourth-order valence-electron chi connectivity index (χ4n) is 4.00. The second-order valence-corrected chi connectivity index (χ2v) is 9.36. The number of carbonyl (C=O) groups excluding carboxylic acids is 4. The normalized spacial score (nSPS) is 15.7. The van der Waals surface area contributed by atoms with E-state index < -0.39 is 5.37 Å². The Balaban J connectivity index is 1.41. The van der Waals surface area contributed by atoms with E-state index in [1.807, 2.05) is 6.92 Å². The van der Waals surface area contributed by atoms with Crippen molar-refractivity contribution in [1.29, 1.82) is 0 Å². The molecule has 0 saturated carbocycles. The molecular formula is C24H22N2O5S2. The van der Waals surface area contributed by atoms with Gasteiger partial charge in [-0.1, -0.05) is 36.0 Å². The van der Waals surface area contributed by atoms with Crippen LogP contribution in [-0.4, -0.2) is 56.3 Å². The Labute approximate surface area is 201 Å². The molecule has 0 N–H and O–H groups in total. The van der Waals surface area contributed by atoms with Crippen LogP contribution in [0.1, 0.15) is 67.6 Å². The summed E-state index contributed by atoms with van der Waals surface area (Å²) in [6.07, 6.45) is 1.56. The van der Waals surface area contributed by atoms with Gasteiger partial charge in [0, 0.05) is 6.54 Å². The molecule has 4 amide bonds. The smallest absolute Gasteiger partial charge is 0.262 e. The molecule has 0 aliphatic carbocycles. The van der Waals surface area contributed by atoms with E-state index in [2.05, 4.69) is 0 Å². The summed E-state index contributed by atoms with van der Waals surface area (Å²) in [6, 6.07) is 13.5. The highest BCUT2D eigenvalue weighted by atomic mass is 32.2. The maximum atomic E-state index is 13.0. The van der Waals surface area contributed by atoms with Gasteiger partial charge in [-0.3, -0.25) is 29.0 Å². The van der Waals surface area contributed by atoms with Crippen LogP contribution in [0.25, 0.3) is 0 Å². The summed E-state index contributed by atoms with van der Waals surface area (Å²) < 4.78 is 5.64. The molecule has 1 atom stereocenters. The number of thioether (sulfide) groups is 1. The van der Waals surface area contributed by atoms with Crippen LogP contribution in [0.2, 0.25) is 0 Å². The SMILES string of the molecule is CCOC(=S)SC(CCCCN1C(=O)c2ccccc2C1=O)N1C(=O)c2ccccc2C1=O. The van der Waals surface area contributed by atoms with Gasteiger partial charge in [0.25, 0.3) is 23.6 Å². The highest BCUT2D eigenvalue weighted by Gasteiger charge is 2.40. The summed E-state index contributed by atoms with van der Waals surface area (Å²) in [5.74, 6) is -1.29. The first-order chi connectivity index (χ1) is 15.9. The van der Waals surface area contributed by atoms with Gasteiger partial charge in [0.1, 0.15) is 0 Å². The molecule has 2 aromatic carbocycles.